The Morgan fingerprint density at radius 3 is 2.60 bits per heavy atom. The highest BCUT2D eigenvalue weighted by Gasteiger charge is 2.35. The van der Waals surface area contributed by atoms with Gasteiger partial charge >= 0.3 is 6.03 Å². The Hall–Kier alpha value is -2.54. The molecule has 1 heterocycles. The average Bonchev–Trinajstić information content (AvgIpc) is 2.97. The summed E-state index contributed by atoms with van der Waals surface area (Å²) in [6.07, 6.45) is 2.70. The molecule has 3 rings (SSSR count). The molecule has 1 saturated carbocycles. The molecule has 2 amide bonds. The lowest BCUT2D eigenvalue weighted by Gasteiger charge is -2.36. The number of aromatic nitrogens is 2. The summed E-state index contributed by atoms with van der Waals surface area (Å²) in [5.41, 5.74) is 0.142. The van der Waals surface area contributed by atoms with Crippen LogP contribution in [0.15, 0.2) is 36.4 Å². The van der Waals surface area contributed by atoms with Crippen LogP contribution in [0.5, 0.6) is 5.88 Å². The van der Waals surface area contributed by atoms with E-state index in [1.807, 2.05) is 30.3 Å². The van der Waals surface area contributed by atoms with E-state index in [-0.39, 0.29) is 12.1 Å². The number of nitrogens with zero attached hydrogens (tertiary/aromatic N) is 2. The highest BCUT2D eigenvalue weighted by atomic mass is 16.5. The number of methoxy groups -OCH3 is 1. The SMILES string of the molecule is COc1cc(NC(=O)NC2CCC(O)(c3ccccc3)CC2)nn1C. The van der Waals surface area contributed by atoms with Crippen LogP contribution in [0, 0.1) is 0 Å². The van der Waals surface area contributed by atoms with Crippen molar-refractivity contribution in [3.63, 3.8) is 0 Å². The number of carbonyl (C=O) groups excluding carboxylic acids is 1. The summed E-state index contributed by atoms with van der Waals surface area (Å²) in [5, 5.41) is 20.7. The molecule has 1 aromatic heterocycles. The number of benzene rings is 1. The number of aliphatic hydroxyl groups is 1. The van der Waals surface area contributed by atoms with Crippen LogP contribution in [0.1, 0.15) is 31.2 Å². The third-order valence-electron chi connectivity index (χ3n) is 4.75. The maximum atomic E-state index is 12.1. The molecule has 0 spiro atoms. The monoisotopic (exact) mass is 344 g/mol. The number of hydrogen-bond acceptors (Lipinski definition) is 4. The molecule has 0 bridgehead atoms. The Labute approximate surface area is 147 Å². The molecule has 0 atom stereocenters. The van der Waals surface area contributed by atoms with Crippen molar-refractivity contribution in [3.05, 3.63) is 42.0 Å². The molecule has 7 nitrogen and oxygen atoms in total. The molecule has 0 aliphatic heterocycles. The van der Waals surface area contributed by atoms with Crippen molar-refractivity contribution in [1.82, 2.24) is 15.1 Å². The molecule has 0 unspecified atom stereocenters. The number of nitrogens with one attached hydrogen (secondary N) is 2. The van der Waals surface area contributed by atoms with Gasteiger partial charge in [-0.3, -0.25) is 5.32 Å². The number of carbonyl (C=O) groups is 1. The van der Waals surface area contributed by atoms with E-state index in [2.05, 4.69) is 15.7 Å². The zero-order chi connectivity index (χ0) is 17.9. The van der Waals surface area contributed by atoms with E-state index >= 15 is 0 Å². The van der Waals surface area contributed by atoms with E-state index in [1.54, 1.807) is 24.9 Å². The highest BCUT2D eigenvalue weighted by Crippen LogP contribution is 2.36. The first-order valence-corrected chi connectivity index (χ1v) is 8.43. The molecule has 0 saturated heterocycles. The van der Waals surface area contributed by atoms with Gasteiger partial charge in [-0.2, -0.15) is 5.10 Å². The number of rotatable bonds is 4. The lowest BCUT2D eigenvalue weighted by Crippen LogP contribution is -2.43. The lowest BCUT2D eigenvalue weighted by atomic mass is 9.78. The van der Waals surface area contributed by atoms with E-state index in [4.69, 9.17) is 4.74 Å². The number of hydrogen-bond donors (Lipinski definition) is 3. The lowest BCUT2D eigenvalue weighted by molar-refractivity contribution is -0.00717. The third-order valence-corrected chi connectivity index (χ3v) is 4.75. The Bertz CT molecular complexity index is 721. The molecule has 1 fully saturated rings. The summed E-state index contributed by atoms with van der Waals surface area (Å²) >= 11 is 0. The molecule has 1 aromatic carbocycles. The van der Waals surface area contributed by atoms with Crippen molar-refractivity contribution < 1.29 is 14.6 Å². The van der Waals surface area contributed by atoms with Crippen molar-refractivity contribution in [2.75, 3.05) is 12.4 Å². The minimum Gasteiger partial charge on any atom is -0.481 e. The zero-order valence-electron chi connectivity index (χ0n) is 14.5. The molecule has 0 radical (unpaired) electrons. The Morgan fingerprint density at radius 1 is 1.32 bits per heavy atom. The maximum Gasteiger partial charge on any atom is 0.320 e. The van der Waals surface area contributed by atoms with Crippen molar-refractivity contribution >= 4 is 11.8 Å². The summed E-state index contributed by atoms with van der Waals surface area (Å²) in [7, 11) is 3.30. The zero-order valence-corrected chi connectivity index (χ0v) is 14.5. The van der Waals surface area contributed by atoms with Crippen molar-refractivity contribution in [2.24, 2.45) is 7.05 Å². The first-order valence-electron chi connectivity index (χ1n) is 8.43. The van der Waals surface area contributed by atoms with Gasteiger partial charge in [0.25, 0.3) is 0 Å². The van der Waals surface area contributed by atoms with Crippen LogP contribution in [-0.4, -0.2) is 34.1 Å². The standard InChI is InChI=1S/C18H24N4O3/c1-22-16(25-2)12-15(21-22)20-17(23)19-14-8-10-18(24,11-9-14)13-6-4-3-5-7-13/h3-7,12,14,24H,8-11H2,1-2H3,(H2,19,20,21,23). The quantitative estimate of drug-likeness (QED) is 0.794. The van der Waals surface area contributed by atoms with Crippen LogP contribution < -0.4 is 15.4 Å². The fraction of sp³-hybridized carbons (Fsp3) is 0.444. The highest BCUT2D eigenvalue weighted by molar-refractivity contribution is 5.88. The van der Waals surface area contributed by atoms with Gasteiger partial charge in [-0.15, -0.1) is 0 Å². The second kappa shape index (κ2) is 7.14. The van der Waals surface area contributed by atoms with Crippen LogP contribution >= 0.6 is 0 Å². The van der Waals surface area contributed by atoms with E-state index in [0.29, 0.717) is 24.5 Å². The predicted molar refractivity (Wildman–Crippen MR) is 94.5 cm³/mol. The Morgan fingerprint density at radius 2 is 2.00 bits per heavy atom. The van der Waals surface area contributed by atoms with Crippen molar-refractivity contribution in [2.45, 2.75) is 37.3 Å². The molecular formula is C18H24N4O3. The molecule has 25 heavy (non-hydrogen) atoms. The topological polar surface area (TPSA) is 88.4 Å². The number of amides is 2. The van der Waals surface area contributed by atoms with Gasteiger partial charge in [0, 0.05) is 19.2 Å². The second-order valence-electron chi connectivity index (χ2n) is 6.47. The normalized spacial score (nSPS) is 23.1. The fourth-order valence-electron chi connectivity index (χ4n) is 3.32. The Kier molecular flexibility index (Phi) is 4.94. The summed E-state index contributed by atoms with van der Waals surface area (Å²) < 4.78 is 6.67. The molecule has 7 heteroatoms. The van der Waals surface area contributed by atoms with Gasteiger partial charge in [0.1, 0.15) is 0 Å². The number of aryl methyl sites for hydroxylation is 1. The third kappa shape index (κ3) is 3.93. The van der Waals surface area contributed by atoms with Gasteiger partial charge < -0.3 is 15.2 Å². The summed E-state index contributed by atoms with van der Waals surface area (Å²) in [6, 6.07) is 11.1. The maximum absolute atomic E-state index is 12.1. The van der Waals surface area contributed by atoms with Gasteiger partial charge in [0.2, 0.25) is 5.88 Å². The van der Waals surface area contributed by atoms with Gasteiger partial charge in [-0.1, -0.05) is 30.3 Å². The molecule has 1 aliphatic rings. The molecule has 1 aliphatic carbocycles. The van der Waals surface area contributed by atoms with Gasteiger partial charge in [0.05, 0.1) is 12.7 Å². The van der Waals surface area contributed by atoms with E-state index in [1.165, 1.54) is 0 Å². The molecular weight excluding hydrogens is 320 g/mol. The summed E-state index contributed by atoms with van der Waals surface area (Å²) in [4.78, 5) is 12.1. The summed E-state index contributed by atoms with van der Waals surface area (Å²) in [5.74, 6) is 1.01. The van der Waals surface area contributed by atoms with Crippen LogP contribution in [0.25, 0.3) is 0 Å². The molecule has 2 aromatic rings. The van der Waals surface area contributed by atoms with Gasteiger partial charge in [-0.05, 0) is 31.2 Å². The first kappa shape index (κ1) is 17.3. The van der Waals surface area contributed by atoms with Crippen LogP contribution in [0.2, 0.25) is 0 Å². The largest absolute Gasteiger partial charge is 0.481 e. The number of urea groups is 1. The molecule has 134 valence electrons. The predicted octanol–water partition coefficient (Wildman–Crippen LogP) is 2.38. The first-order chi connectivity index (χ1) is 12.0. The Balaban J connectivity index is 1.52. The van der Waals surface area contributed by atoms with E-state index in [9.17, 15) is 9.90 Å². The van der Waals surface area contributed by atoms with Crippen LogP contribution in [0.4, 0.5) is 10.6 Å². The average molecular weight is 344 g/mol. The number of anilines is 1. The summed E-state index contributed by atoms with van der Waals surface area (Å²) in [6.45, 7) is 0. The fourth-order valence-corrected chi connectivity index (χ4v) is 3.32. The van der Waals surface area contributed by atoms with E-state index in [0.717, 1.165) is 18.4 Å². The van der Waals surface area contributed by atoms with Crippen molar-refractivity contribution in [3.8, 4) is 5.88 Å². The minimum absolute atomic E-state index is 0.0367. The number of ether oxygens (including phenoxy) is 1. The van der Waals surface area contributed by atoms with Crippen molar-refractivity contribution in [1.29, 1.82) is 0 Å². The minimum atomic E-state index is -0.801. The van der Waals surface area contributed by atoms with Gasteiger partial charge in [-0.25, -0.2) is 9.48 Å². The molecule has 3 N–H and O–H groups in total. The van der Waals surface area contributed by atoms with Gasteiger partial charge in [0.15, 0.2) is 5.82 Å². The smallest absolute Gasteiger partial charge is 0.320 e. The van der Waals surface area contributed by atoms with Crippen LogP contribution in [0.3, 0.4) is 0 Å². The van der Waals surface area contributed by atoms with E-state index < -0.39 is 5.60 Å². The second-order valence-corrected chi connectivity index (χ2v) is 6.47. The van der Waals surface area contributed by atoms with Crippen LogP contribution in [-0.2, 0) is 12.6 Å².